The molecule has 2 unspecified atom stereocenters. The molecule has 0 N–H and O–H groups in total. The Bertz CT molecular complexity index is 1360. The molecule has 3 rings (SSSR count). The van der Waals surface area contributed by atoms with E-state index in [0.717, 1.165) is 16.7 Å². The monoisotopic (exact) mass is 615 g/mol. The fourth-order valence-corrected chi connectivity index (χ4v) is 7.11. The van der Waals surface area contributed by atoms with Gasteiger partial charge < -0.3 is 4.90 Å². The summed E-state index contributed by atoms with van der Waals surface area (Å²) in [6, 6.07) is 6.91. The van der Waals surface area contributed by atoms with E-state index in [4.69, 9.17) is 11.6 Å². The molecule has 2 aliphatic rings. The molecule has 0 aliphatic carbocycles. The van der Waals surface area contributed by atoms with Crippen molar-refractivity contribution in [3.63, 3.8) is 0 Å². The van der Waals surface area contributed by atoms with Gasteiger partial charge in [0.25, 0.3) is 0 Å². The highest BCUT2D eigenvalue weighted by atomic mass is 35.5. The van der Waals surface area contributed by atoms with E-state index in [-0.39, 0.29) is 36.8 Å². The van der Waals surface area contributed by atoms with Crippen LogP contribution < -0.4 is 0 Å². The maximum absolute atomic E-state index is 15.0. The highest BCUT2D eigenvalue weighted by molar-refractivity contribution is 7.88. The van der Waals surface area contributed by atoms with Crippen LogP contribution in [0.1, 0.15) is 38.3 Å². The zero-order chi connectivity index (χ0) is 31.0. The van der Waals surface area contributed by atoms with E-state index in [1.54, 1.807) is 41.3 Å². The number of benzene rings is 1. The Morgan fingerprint density at radius 3 is 2.31 bits per heavy atom. The molecule has 1 amide bonds. The van der Waals surface area contributed by atoms with Crippen LogP contribution in [-0.4, -0.2) is 74.0 Å². The zero-order valence-corrected chi connectivity index (χ0v) is 26.5. The molecule has 2 aliphatic heterocycles. The van der Waals surface area contributed by atoms with Crippen molar-refractivity contribution in [3.8, 4) is 0 Å². The van der Waals surface area contributed by atoms with Crippen LogP contribution in [0.4, 0.5) is 4.39 Å². The SMILES string of the molecule is C=C/C=C(\C=C)CN1CC(C(=O)N2CCCC(c3ccc(Cl)cc3)N(S(C)(=O)=O)CC2)[C@H](C(/C=C\C(=C)C)=C(/C)F)C1. The maximum Gasteiger partial charge on any atom is 0.227 e. The summed E-state index contributed by atoms with van der Waals surface area (Å²) in [5.41, 5.74) is 3.10. The highest BCUT2D eigenvalue weighted by Crippen LogP contribution is 2.36. The van der Waals surface area contributed by atoms with E-state index in [2.05, 4.69) is 24.6 Å². The van der Waals surface area contributed by atoms with E-state index in [1.807, 2.05) is 25.1 Å². The number of sulfonamides is 1. The van der Waals surface area contributed by atoms with Crippen LogP contribution in [-0.2, 0) is 14.8 Å². The summed E-state index contributed by atoms with van der Waals surface area (Å²) >= 11 is 6.08. The lowest BCUT2D eigenvalue weighted by molar-refractivity contribution is -0.136. The first-order chi connectivity index (χ1) is 19.8. The Morgan fingerprint density at radius 2 is 1.74 bits per heavy atom. The number of amides is 1. The van der Waals surface area contributed by atoms with Gasteiger partial charge in [0.05, 0.1) is 12.2 Å². The average Bonchev–Trinajstić information content (AvgIpc) is 3.31. The molecular formula is C33H43ClFN3O3S. The molecule has 1 aromatic carbocycles. The summed E-state index contributed by atoms with van der Waals surface area (Å²) in [5.74, 6) is -1.28. The Labute approximate surface area is 256 Å². The number of halogens is 2. The van der Waals surface area contributed by atoms with Gasteiger partial charge in [-0.05, 0) is 55.5 Å². The molecule has 9 heteroatoms. The maximum atomic E-state index is 15.0. The third-order valence-electron chi connectivity index (χ3n) is 7.89. The summed E-state index contributed by atoms with van der Waals surface area (Å²) in [5, 5.41) is 0.586. The van der Waals surface area contributed by atoms with E-state index in [1.165, 1.54) is 17.5 Å². The second-order valence-corrected chi connectivity index (χ2v) is 13.5. The second kappa shape index (κ2) is 15.1. The highest BCUT2D eigenvalue weighted by Gasteiger charge is 2.42. The summed E-state index contributed by atoms with van der Waals surface area (Å²) < 4.78 is 42.3. The van der Waals surface area contributed by atoms with E-state index < -0.39 is 15.9 Å². The van der Waals surface area contributed by atoms with Crippen molar-refractivity contribution in [2.75, 3.05) is 45.5 Å². The van der Waals surface area contributed by atoms with E-state index >= 15 is 0 Å². The van der Waals surface area contributed by atoms with Crippen LogP contribution in [0.15, 0.2) is 96.9 Å². The largest absolute Gasteiger partial charge is 0.341 e. The van der Waals surface area contributed by atoms with Gasteiger partial charge in [-0.1, -0.05) is 79.4 Å². The quantitative estimate of drug-likeness (QED) is 0.283. The topological polar surface area (TPSA) is 60.9 Å². The second-order valence-electron chi connectivity index (χ2n) is 11.2. The van der Waals surface area contributed by atoms with Gasteiger partial charge in [0, 0.05) is 56.3 Å². The smallest absolute Gasteiger partial charge is 0.227 e. The predicted octanol–water partition coefficient (Wildman–Crippen LogP) is 6.49. The van der Waals surface area contributed by atoms with Crippen molar-refractivity contribution >= 4 is 27.5 Å². The standard InChI is InChI=1S/C33H43ClFN3O3S/c1-7-10-26(8-2)21-36-22-30(29(25(5)35)17-12-24(3)4)31(23-36)33(39)37-18-9-11-32(27-13-15-28(34)16-14-27)38(20-19-37)42(6,40)41/h7-8,10,12-17,30-32H,1-3,9,11,18-23H2,4-6H3/b17-12-,26-10+,29-25-/t30-,31?,32?/m0/s1. The van der Waals surface area contributed by atoms with Crippen LogP contribution in [0.5, 0.6) is 0 Å². The molecule has 3 atom stereocenters. The Morgan fingerprint density at radius 1 is 1.07 bits per heavy atom. The summed E-state index contributed by atoms with van der Waals surface area (Å²) in [6.07, 6.45) is 11.2. The van der Waals surface area contributed by atoms with Crippen molar-refractivity contribution < 1.29 is 17.6 Å². The van der Waals surface area contributed by atoms with Gasteiger partial charge in [-0.2, -0.15) is 4.31 Å². The van der Waals surface area contributed by atoms with Crippen LogP contribution in [0.3, 0.4) is 0 Å². The number of carbonyl (C=O) groups excluding carboxylic acids is 1. The lowest BCUT2D eigenvalue weighted by Crippen LogP contribution is -2.47. The summed E-state index contributed by atoms with van der Waals surface area (Å²) in [6.45, 7) is 17.2. The third-order valence-corrected chi connectivity index (χ3v) is 9.43. The van der Waals surface area contributed by atoms with Crippen molar-refractivity contribution in [1.29, 1.82) is 0 Å². The minimum Gasteiger partial charge on any atom is -0.341 e. The van der Waals surface area contributed by atoms with Crippen LogP contribution >= 0.6 is 11.6 Å². The minimum absolute atomic E-state index is 0.0868. The molecule has 0 aromatic heterocycles. The van der Waals surface area contributed by atoms with Gasteiger partial charge in [0.2, 0.25) is 15.9 Å². The van der Waals surface area contributed by atoms with Gasteiger partial charge in [-0.3, -0.25) is 9.69 Å². The van der Waals surface area contributed by atoms with Gasteiger partial charge in [-0.15, -0.1) is 0 Å². The van der Waals surface area contributed by atoms with E-state index in [0.29, 0.717) is 49.6 Å². The molecular weight excluding hydrogens is 573 g/mol. The molecule has 228 valence electrons. The van der Waals surface area contributed by atoms with Crippen molar-refractivity contribution in [2.45, 2.75) is 32.7 Å². The zero-order valence-electron chi connectivity index (χ0n) is 24.9. The molecule has 1 aromatic rings. The summed E-state index contributed by atoms with van der Waals surface area (Å²) in [7, 11) is -3.57. The average molecular weight is 616 g/mol. The first-order valence-electron chi connectivity index (χ1n) is 14.2. The number of hydrogen-bond acceptors (Lipinski definition) is 4. The first-order valence-corrected chi connectivity index (χ1v) is 16.5. The lowest BCUT2D eigenvalue weighted by atomic mass is 9.86. The molecule has 0 bridgehead atoms. The van der Waals surface area contributed by atoms with Crippen molar-refractivity contribution in [3.05, 3.63) is 108 Å². The number of likely N-dealkylation sites (tertiary alicyclic amines) is 1. The predicted molar refractivity (Wildman–Crippen MR) is 171 cm³/mol. The number of nitrogens with zero attached hydrogens (tertiary/aromatic N) is 3. The lowest BCUT2D eigenvalue weighted by Gasteiger charge is -2.37. The number of hydrogen-bond donors (Lipinski definition) is 0. The van der Waals surface area contributed by atoms with Crippen molar-refractivity contribution in [2.24, 2.45) is 11.8 Å². The number of carbonyl (C=O) groups is 1. The first kappa shape index (κ1) is 33.7. The Hall–Kier alpha value is -2.78. The minimum atomic E-state index is -3.57. The third kappa shape index (κ3) is 8.86. The normalized spacial score (nSPS) is 23.8. The molecule has 6 nitrogen and oxygen atoms in total. The van der Waals surface area contributed by atoms with Crippen LogP contribution in [0.2, 0.25) is 5.02 Å². The van der Waals surface area contributed by atoms with E-state index in [9.17, 15) is 17.6 Å². The molecule has 0 radical (unpaired) electrons. The van der Waals surface area contributed by atoms with Crippen LogP contribution in [0, 0.1) is 11.8 Å². The van der Waals surface area contributed by atoms with Crippen molar-refractivity contribution in [1.82, 2.24) is 14.1 Å². The fourth-order valence-electron chi connectivity index (χ4n) is 5.88. The molecule has 0 spiro atoms. The molecule has 0 saturated carbocycles. The Kier molecular flexibility index (Phi) is 12.1. The molecule has 2 saturated heterocycles. The molecule has 42 heavy (non-hydrogen) atoms. The van der Waals surface area contributed by atoms with Gasteiger partial charge in [-0.25, -0.2) is 12.8 Å². The summed E-state index contributed by atoms with van der Waals surface area (Å²) in [4.78, 5) is 18.1. The van der Waals surface area contributed by atoms with Crippen LogP contribution in [0.25, 0.3) is 0 Å². The Balaban J connectivity index is 1.90. The number of allylic oxidation sites excluding steroid dienone is 6. The number of rotatable bonds is 10. The van der Waals surface area contributed by atoms with Gasteiger partial charge >= 0.3 is 0 Å². The van der Waals surface area contributed by atoms with Gasteiger partial charge in [0.15, 0.2) is 0 Å². The fraction of sp³-hybridized carbons (Fsp3) is 0.424. The van der Waals surface area contributed by atoms with Gasteiger partial charge in [0.1, 0.15) is 5.83 Å². The molecule has 2 fully saturated rings. The molecule has 2 heterocycles.